The number of alkyl halides is 3. The van der Waals surface area contributed by atoms with Crippen molar-refractivity contribution in [1.29, 1.82) is 0 Å². The third-order valence-electron chi connectivity index (χ3n) is 6.04. The third-order valence-corrected chi connectivity index (χ3v) is 6.29. The Kier molecular flexibility index (Phi) is 7.95. The normalized spacial score (nSPS) is 13.5. The summed E-state index contributed by atoms with van der Waals surface area (Å²) in [5.74, 6) is -0.372. The molecule has 1 amide bonds. The molecule has 0 aliphatic heterocycles. The number of carbonyl (C=O) groups excluding carboxylic acids is 1. The monoisotopic (exact) mass is 538 g/mol. The first kappa shape index (κ1) is 28.5. The highest BCUT2D eigenvalue weighted by Gasteiger charge is 2.33. The van der Waals surface area contributed by atoms with Crippen LogP contribution in [0.2, 0.25) is 5.02 Å². The van der Waals surface area contributed by atoms with Gasteiger partial charge in [-0.15, -0.1) is 5.10 Å². The van der Waals surface area contributed by atoms with E-state index in [1.165, 1.54) is 16.7 Å². The summed E-state index contributed by atoms with van der Waals surface area (Å²) >= 11 is 5.99. The third kappa shape index (κ3) is 6.81. The lowest BCUT2D eigenvalue weighted by Gasteiger charge is -2.27. The maximum atomic E-state index is 13.2. The molecule has 0 saturated carbocycles. The molecule has 0 saturated heterocycles. The van der Waals surface area contributed by atoms with Crippen LogP contribution in [0.4, 0.5) is 13.2 Å². The molecule has 0 aliphatic carbocycles. The highest BCUT2D eigenvalue weighted by atomic mass is 35.5. The number of carbonyl (C=O) groups is 1. The second-order valence-corrected chi connectivity index (χ2v) is 11.0. The highest BCUT2D eigenvalue weighted by Crippen LogP contribution is 2.32. The SMILES string of the molecule is CC(C)(NC(=O)Cn1nc(-c2ccc(Cl)cc2)n(CC(O)C(C)(C)C)c1=O)c1cccc(C(F)(F)F)c1. The summed E-state index contributed by atoms with van der Waals surface area (Å²) in [4.78, 5) is 26.1. The molecule has 0 radical (unpaired) electrons. The van der Waals surface area contributed by atoms with Crippen molar-refractivity contribution >= 4 is 17.5 Å². The van der Waals surface area contributed by atoms with E-state index >= 15 is 0 Å². The predicted octanol–water partition coefficient (Wildman–Crippen LogP) is 4.84. The van der Waals surface area contributed by atoms with Crippen LogP contribution >= 0.6 is 11.6 Å². The van der Waals surface area contributed by atoms with Gasteiger partial charge in [0, 0.05) is 10.6 Å². The Morgan fingerprint density at radius 2 is 1.65 bits per heavy atom. The van der Waals surface area contributed by atoms with E-state index < -0.39 is 46.9 Å². The zero-order valence-electron chi connectivity index (χ0n) is 21.2. The van der Waals surface area contributed by atoms with Gasteiger partial charge in [0.25, 0.3) is 0 Å². The molecule has 3 aromatic rings. The summed E-state index contributed by atoms with van der Waals surface area (Å²) in [5, 5.41) is 18.2. The molecule has 11 heteroatoms. The Bertz CT molecular complexity index is 1320. The molecule has 0 spiro atoms. The lowest BCUT2D eigenvalue weighted by atomic mass is 9.89. The van der Waals surface area contributed by atoms with Crippen LogP contribution < -0.4 is 11.0 Å². The Morgan fingerprint density at radius 1 is 1.05 bits per heavy atom. The molecular weight excluding hydrogens is 509 g/mol. The van der Waals surface area contributed by atoms with E-state index in [1.54, 1.807) is 38.1 Å². The number of amides is 1. The van der Waals surface area contributed by atoms with Crippen molar-refractivity contribution in [1.82, 2.24) is 19.7 Å². The second-order valence-electron chi connectivity index (χ2n) is 10.5. The molecule has 1 aromatic heterocycles. The average molecular weight is 539 g/mol. The molecule has 1 heterocycles. The van der Waals surface area contributed by atoms with Gasteiger partial charge in [0.1, 0.15) is 6.54 Å². The van der Waals surface area contributed by atoms with Crippen molar-refractivity contribution in [2.45, 2.75) is 65.5 Å². The van der Waals surface area contributed by atoms with Crippen LogP contribution in [0, 0.1) is 5.41 Å². The van der Waals surface area contributed by atoms with Gasteiger partial charge >= 0.3 is 11.9 Å². The van der Waals surface area contributed by atoms with Crippen LogP contribution in [0.1, 0.15) is 45.7 Å². The standard InChI is InChI=1S/C26H30ClF3N4O3/c1-24(2,3)20(35)14-33-22(16-9-11-19(27)12-10-16)32-34(23(33)37)15-21(36)31-25(4,5)17-7-6-8-18(13-17)26(28,29)30/h6-13,20,35H,14-15H2,1-5H3,(H,31,36). The van der Waals surface area contributed by atoms with Gasteiger partial charge in [-0.25, -0.2) is 9.48 Å². The predicted molar refractivity (Wildman–Crippen MR) is 135 cm³/mol. The van der Waals surface area contributed by atoms with Crippen molar-refractivity contribution in [3.63, 3.8) is 0 Å². The molecule has 3 rings (SSSR count). The molecule has 1 atom stereocenters. The zero-order valence-corrected chi connectivity index (χ0v) is 22.0. The number of hydrogen-bond donors (Lipinski definition) is 2. The number of halogens is 4. The van der Waals surface area contributed by atoms with Crippen LogP contribution in [0.3, 0.4) is 0 Å². The molecule has 200 valence electrons. The van der Waals surface area contributed by atoms with E-state index in [2.05, 4.69) is 10.4 Å². The smallest absolute Gasteiger partial charge is 0.391 e. The topological polar surface area (TPSA) is 89.2 Å². The van der Waals surface area contributed by atoms with E-state index in [-0.39, 0.29) is 17.9 Å². The maximum Gasteiger partial charge on any atom is 0.416 e. The summed E-state index contributed by atoms with van der Waals surface area (Å²) in [5.41, 5.74) is -2.31. The fourth-order valence-corrected chi connectivity index (χ4v) is 3.77. The summed E-state index contributed by atoms with van der Waals surface area (Å²) < 4.78 is 41.7. The van der Waals surface area contributed by atoms with Crippen LogP contribution in [0.15, 0.2) is 53.3 Å². The Balaban J connectivity index is 1.91. The van der Waals surface area contributed by atoms with E-state index in [1.807, 2.05) is 20.8 Å². The van der Waals surface area contributed by atoms with Crippen molar-refractivity contribution in [2.75, 3.05) is 0 Å². The fourth-order valence-electron chi connectivity index (χ4n) is 3.65. The van der Waals surface area contributed by atoms with Crippen LogP contribution in [0.25, 0.3) is 11.4 Å². The van der Waals surface area contributed by atoms with Gasteiger partial charge in [0.05, 0.1) is 23.8 Å². The number of nitrogens with one attached hydrogen (secondary N) is 1. The average Bonchev–Trinajstić information content (AvgIpc) is 3.08. The molecule has 37 heavy (non-hydrogen) atoms. The number of aromatic nitrogens is 3. The molecule has 1 unspecified atom stereocenters. The number of aliphatic hydroxyl groups is 1. The van der Waals surface area contributed by atoms with Gasteiger partial charge in [-0.3, -0.25) is 9.36 Å². The van der Waals surface area contributed by atoms with Crippen molar-refractivity contribution in [2.24, 2.45) is 5.41 Å². The van der Waals surface area contributed by atoms with Gasteiger partial charge < -0.3 is 10.4 Å². The lowest BCUT2D eigenvalue weighted by Crippen LogP contribution is -2.44. The quantitative estimate of drug-likeness (QED) is 0.450. The first-order valence-corrected chi connectivity index (χ1v) is 12.0. The highest BCUT2D eigenvalue weighted by molar-refractivity contribution is 6.30. The summed E-state index contributed by atoms with van der Waals surface area (Å²) in [7, 11) is 0. The molecular formula is C26H30ClF3N4O3. The molecule has 2 N–H and O–H groups in total. The fraction of sp³-hybridized carbons (Fsp3) is 0.423. The van der Waals surface area contributed by atoms with Crippen LogP contribution in [-0.4, -0.2) is 31.5 Å². The van der Waals surface area contributed by atoms with Crippen molar-refractivity contribution in [3.8, 4) is 11.4 Å². The minimum absolute atomic E-state index is 0.0579. The number of hydrogen-bond acceptors (Lipinski definition) is 4. The van der Waals surface area contributed by atoms with Crippen molar-refractivity contribution in [3.05, 3.63) is 75.2 Å². The van der Waals surface area contributed by atoms with Gasteiger partial charge in [0.15, 0.2) is 5.82 Å². The maximum absolute atomic E-state index is 13.2. The minimum Gasteiger partial charge on any atom is -0.391 e. The number of rotatable bonds is 7. The van der Waals surface area contributed by atoms with Gasteiger partial charge in [-0.05, 0) is 61.2 Å². The molecule has 7 nitrogen and oxygen atoms in total. The first-order chi connectivity index (χ1) is 17.0. The number of nitrogens with zero attached hydrogens (tertiary/aromatic N) is 3. The van der Waals surface area contributed by atoms with Crippen LogP contribution in [0.5, 0.6) is 0 Å². The molecule has 0 bridgehead atoms. The summed E-state index contributed by atoms with van der Waals surface area (Å²) in [6, 6.07) is 11.3. The van der Waals surface area contributed by atoms with E-state index in [9.17, 15) is 27.9 Å². The van der Waals surface area contributed by atoms with Gasteiger partial charge in [-0.2, -0.15) is 13.2 Å². The largest absolute Gasteiger partial charge is 0.416 e. The van der Waals surface area contributed by atoms with Crippen LogP contribution in [-0.2, 0) is 29.6 Å². The van der Waals surface area contributed by atoms with Gasteiger partial charge in [-0.1, -0.05) is 44.5 Å². The van der Waals surface area contributed by atoms with Gasteiger partial charge in [0.2, 0.25) is 5.91 Å². The molecule has 0 fully saturated rings. The Labute approximate surface area is 217 Å². The number of benzene rings is 2. The Hall–Kier alpha value is -3.11. The van der Waals surface area contributed by atoms with Crippen molar-refractivity contribution < 1.29 is 23.1 Å². The Morgan fingerprint density at radius 3 is 2.22 bits per heavy atom. The minimum atomic E-state index is -4.52. The summed E-state index contributed by atoms with van der Waals surface area (Å²) in [6.45, 7) is 8.11. The van der Waals surface area contributed by atoms with E-state index in [0.29, 0.717) is 10.6 Å². The lowest BCUT2D eigenvalue weighted by molar-refractivity contribution is -0.137. The molecule has 2 aromatic carbocycles. The van der Waals surface area contributed by atoms with E-state index in [4.69, 9.17) is 11.6 Å². The first-order valence-electron chi connectivity index (χ1n) is 11.6. The zero-order chi connectivity index (χ0) is 27.8. The second kappa shape index (κ2) is 10.3. The summed E-state index contributed by atoms with van der Waals surface area (Å²) in [6.07, 6.45) is -5.41. The number of aliphatic hydroxyl groups excluding tert-OH is 1. The molecule has 0 aliphatic rings. The van der Waals surface area contributed by atoms with E-state index in [0.717, 1.165) is 16.8 Å².